The molecule has 1 aliphatic carbocycles. The van der Waals surface area contributed by atoms with Crippen LogP contribution in [0.5, 0.6) is 0 Å². The molecule has 1 rings (SSSR count). The number of carbonyl (C=O) groups excluding carboxylic acids is 1. The van der Waals surface area contributed by atoms with Gasteiger partial charge in [0.05, 0.1) is 6.10 Å². The van der Waals surface area contributed by atoms with Gasteiger partial charge in [-0.1, -0.05) is 33.1 Å². The zero-order valence-electron chi connectivity index (χ0n) is 10.0. The van der Waals surface area contributed by atoms with E-state index >= 15 is 0 Å². The number of aliphatic hydroxyl groups excluding tert-OH is 1. The highest BCUT2D eigenvalue weighted by molar-refractivity contribution is 5.83. The second kappa shape index (κ2) is 6.26. The summed E-state index contributed by atoms with van der Waals surface area (Å²) in [4.78, 5) is 11.7. The van der Waals surface area contributed by atoms with E-state index in [2.05, 4.69) is 13.8 Å². The molecule has 0 saturated heterocycles. The molecule has 0 spiro atoms. The van der Waals surface area contributed by atoms with E-state index in [9.17, 15) is 9.90 Å². The highest BCUT2D eigenvalue weighted by Gasteiger charge is 2.38. The summed E-state index contributed by atoms with van der Waals surface area (Å²) in [6, 6.07) is 0. The van der Waals surface area contributed by atoms with Crippen LogP contribution in [0.2, 0.25) is 0 Å². The van der Waals surface area contributed by atoms with Gasteiger partial charge in [0.1, 0.15) is 5.78 Å². The lowest BCUT2D eigenvalue weighted by molar-refractivity contribution is -0.124. The second-order valence-electron chi connectivity index (χ2n) is 4.79. The van der Waals surface area contributed by atoms with Gasteiger partial charge in [-0.25, -0.2) is 0 Å². The molecule has 0 aromatic rings. The van der Waals surface area contributed by atoms with Crippen LogP contribution in [0, 0.1) is 11.8 Å². The molecule has 88 valence electrons. The predicted octanol–water partition coefficient (Wildman–Crippen LogP) is 2.93. The molecule has 0 bridgehead atoms. The summed E-state index contributed by atoms with van der Waals surface area (Å²) in [7, 11) is 0. The third-order valence-corrected chi connectivity index (χ3v) is 3.57. The summed E-state index contributed by atoms with van der Waals surface area (Å²) in [5.74, 6) is 0.715. The maximum Gasteiger partial charge on any atom is 0.138 e. The molecular formula is C13H24O2. The molecule has 3 unspecified atom stereocenters. The van der Waals surface area contributed by atoms with Crippen LogP contribution >= 0.6 is 0 Å². The topological polar surface area (TPSA) is 37.3 Å². The predicted molar refractivity (Wildman–Crippen MR) is 61.7 cm³/mol. The van der Waals surface area contributed by atoms with Gasteiger partial charge >= 0.3 is 0 Å². The lowest BCUT2D eigenvalue weighted by Gasteiger charge is -2.23. The minimum atomic E-state index is -0.383. The van der Waals surface area contributed by atoms with Gasteiger partial charge in [-0.3, -0.25) is 4.79 Å². The molecule has 15 heavy (non-hydrogen) atoms. The lowest BCUT2D eigenvalue weighted by Crippen LogP contribution is -2.29. The Morgan fingerprint density at radius 2 is 2.13 bits per heavy atom. The third kappa shape index (κ3) is 3.30. The van der Waals surface area contributed by atoms with E-state index in [1.807, 2.05) is 0 Å². The number of rotatable bonds is 6. The minimum absolute atomic E-state index is 0.0449. The largest absolute Gasteiger partial charge is 0.392 e. The van der Waals surface area contributed by atoms with Crippen LogP contribution in [-0.4, -0.2) is 17.0 Å². The van der Waals surface area contributed by atoms with Crippen LogP contribution in [0.4, 0.5) is 0 Å². The minimum Gasteiger partial charge on any atom is -0.392 e. The molecule has 1 N–H and O–H groups in total. The standard InChI is InChI=1S/C13H24O2/c1-3-5-7-10-8-9-12(15)13(10)11(14)6-4-2/h10-11,13-14H,3-9H2,1-2H3. The van der Waals surface area contributed by atoms with E-state index in [1.165, 1.54) is 12.8 Å². The summed E-state index contributed by atoms with van der Waals surface area (Å²) in [5, 5.41) is 9.97. The fourth-order valence-corrected chi connectivity index (χ4v) is 2.73. The van der Waals surface area contributed by atoms with Crippen LogP contribution in [0.1, 0.15) is 58.8 Å². The van der Waals surface area contributed by atoms with Gasteiger partial charge in [0.2, 0.25) is 0 Å². The molecule has 1 aliphatic rings. The van der Waals surface area contributed by atoms with E-state index in [0.29, 0.717) is 18.1 Å². The highest BCUT2D eigenvalue weighted by atomic mass is 16.3. The Balaban J connectivity index is 2.51. The lowest BCUT2D eigenvalue weighted by atomic mass is 9.85. The zero-order chi connectivity index (χ0) is 11.3. The SMILES string of the molecule is CCCCC1CCC(=O)C1C(O)CCC. The molecule has 0 aliphatic heterocycles. The molecule has 1 saturated carbocycles. The van der Waals surface area contributed by atoms with Gasteiger partial charge in [0, 0.05) is 12.3 Å². The van der Waals surface area contributed by atoms with Gasteiger partial charge in [-0.15, -0.1) is 0 Å². The van der Waals surface area contributed by atoms with Gasteiger partial charge in [0.25, 0.3) is 0 Å². The summed E-state index contributed by atoms with van der Waals surface area (Å²) in [6.07, 6.45) is 6.54. The summed E-state index contributed by atoms with van der Waals surface area (Å²) >= 11 is 0. The average molecular weight is 212 g/mol. The van der Waals surface area contributed by atoms with Crippen molar-refractivity contribution < 1.29 is 9.90 Å². The Morgan fingerprint density at radius 1 is 1.40 bits per heavy atom. The molecule has 0 amide bonds. The first-order valence-corrected chi connectivity index (χ1v) is 6.41. The quantitative estimate of drug-likeness (QED) is 0.735. The van der Waals surface area contributed by atoms with Crippen molar-refractivity contribution in [1.82, 2.24) is 0 Å². The van der Waals surface area contributed by atoms with Crippen molar-refractivity contribution in [2.24, 2.45) is 11.8 Å². The van der Waals surface area contributed by atoms with Crippen molar-refractivity contribution in [3.8, 4) is 0 Å². The molecule has 0 aromatic heterocycles. The van der Waals surface area contributed by atoms with E-state index in [4.69, 9.17) is 0 Å². The second-order valence-corrected chi connectivity index (χ2v) is 4.79. The van der Waals surface area contributed by atoms with Crippen LogP contribution in [-0.2, 0) is 4.79 Å². The van der Waals surface area contributed by atoms with Crippen molar-refractivity contribution in [3.05, 3.63) is 0 Å². The Labute approximate surface area is 93.1 Å². The molecular weight excluding hydrogens is 188 g/mol. The smallest absolute Gasteiger partial charge is 0.138 e. The fraction of sp³-hybridized carbons (Fsp3) is 0.923. The van der Waals surface area contributed by atoms with Crippen LogP contribution in [0.3, 0.4) is 0 Å². The van der Waals surface area contributed by atoms with Gasteiger partial charge in [-0.05, 0) is 25.2 Å². The average Bonchev–Trinajstić information content (AvgIpc) is 2.57. The van der Waals surface area contributed by atoms with Crippen molar-refractivity contribution in [1.29, 1.82) is 0 Å². The van der Waals surface area contributed by atoms with Crippen molar-refractivity contribution >= 4 is 5.78 Å². The van der Waals surface area contributed by atoms with E-state index in [-0.39, 0.29) is 12.0 Å². The molecule has 2 heteroatoms. The molecule has 0 radical (unpaired) electrons. The fourth-order valence-electron chi connectivity index (χ4n) is 2.73. The first-order valence-electron chi connectivity index (χ1n) is 6.41. The van der Waals surface area contributed by atoms with Crippen molar-refractivity contribution in [2.45, 2.75) is 64.9 Å². The highest BCUT2D eigenvalue weighted by Crippen LogP contribution is 2.36. The number of unbranched alkanes of at least 4 members (excludes halogenated alkanes) is 1. The van der Waals surface area contributed by atoms with Crippen molar-refractivity contribution in [3.63, 3.8) is 0 Å². The first kappa shape index (κ1) is 12.7. The summed E-state index contributed by atoms with van der Waals surface area (Å²) < 4.78 is 0. The molecule has 0 heterocycles. The first-order chi connectivity index (χ1) is 7.20. The van der Waals surface area contributed by atoms with E-state index in [1.54, 1.807) is 0 Å². The number of ketones is 1. The monoisotopic (exact) mass is 212 g/mol. The third-order valence-electron chi connectivity index (χ3n) is 3.57. The van der Waals surface area contributed by atoms with E-state index < -0.39 is 0 Å². The molecule has 0 aromatic carbocycles. The summed E-state index contributed by atoms with van der Waals surface area (Å²) in [5.41, 5.74) is 0. The Morgan fingerprint density at radius 3 is 2.73 bits per heavy atom. The molecule has 2 nitrogen and oxygen atoms in total. The van der Waals surface area contributed by atoms with Crippen LogP contribution in [0.25, 0.3) is 0 Å². The number of hydrogen-bond acceptors (Lipinski definition) is 2. The Kier molecular flexibility index (Phi) is 5.30. The van der Waals surface area contributed by atoms with Gasteiger partial charge < -0.3 is 5.11 Å². The van der Waals surface area contributed by atoms with Crippen molar-refractivity contribution in [2.75, 3.05) is 0 Å². The summed E-state index contributed by atoms with van der Waals surface area (Å²) in [6.45, 7) is 4.23. The number of carbonyl (C=O) groups is 1. The van der Waals surface area contributed by atoms with Crippen LogP contribution < -0.4 is 0 Å². The number of aliphatic hydroxyl groups is 1. The number of Topliss-reactive ketones (excluding diaryl/α,β-unsaturated/α-hetero) is 1. The van der Waals surface area contributed by atoms with Crippen LogP contribution in [0.15, 0.2) is 0 Å². The Hall–Kier alpha value is -0.370. The molecule has 3 atom stereocenters. The van der Waals surface area contributed by atoms with E-state index in [0.717, 1.165) is 25.7 Å². The molecule has 1 fully saturated rings. The normalized spacial score (nSPS) is 28.3. The van der Waals surface area contributed by atoms with Gasteiger partial charge in [-0.2, -0.15) is 0 Å². The maximum atomic E-state index is 11.7. The number of hydrogen-bond donors (Lipinski definition) is 1. The zero-order valence-corrected chi connectivity index (χ0v) is 10.0. The maximum absolute atomic E-state index is 11.7. The Bertz CT molecular complexity index is 201. The van der Waals surface area contributed by atoms with Gasteiger partial charge in [0.15, 0.2) is 0 Å².